The first kappa shape index (κ1) is 9.83. The summed E-state index contributed by atoms with van der Waals surface area (Å²) in [4.78, 5) is 12.4. The molecule has 1 aliphatic carbocycles. The Kier molecular flexibility index (Phi) is 2.55. The number of Topliss-reactive ketones (excluding diaryl/α,β-unsaturated/α-hetero) is 1. The molecule has 3 rings (SSSR count). The normalized spacial score (nSPS) is 40.9. The van der Waals surface area contributed by atoms with Gasteiger partial charge in [-0.25, -0.2) is 0 Å². The Balaban J connectivity index is 1.64. The molecule has 2 heteroatoms. The van der Waals surface area contributed by atoms with E-state index in [-0.39, 0.29) is 0 Å². The van der Waals surface area contributed by atoms with Gasteiger partial charge < -0.3 is 5.32 Å². The lowest BCUT2D eigenvalue weighted by Crippen LogP contribution is -2.33. The van der Waals surface area contributed by atoms with Crippen molar-refractivity contribution < 1.29 is 4.79 Å². The van der Waals surface area contributed by atoms with Gasteiger partial charge in [0.1, 0.15) is 5.78 Å². The van der Waals surface area contributed by atoms with Crippen LogP contribution in [0.3, 0.4) is 0 Å². The molecule has 3 unspecified atom stereocenters. The lowest BCUT2D eigenvalue weighted by atomic mass is 9.76. The number of carbonyl (C=O) groups excluding carboxylic acids is 1. The van der Waals surface area contributed by atoms with E-state index in [1.54, 1.807) is 0 Å². The second-order valence-electron chi connectivity index (χ2n) is 5.63. The summed E-state index contributed by atoms with van der Waals surface area (Å²) in [6, 6.07) is 1.22. The van der Waals surface area contributed by atoms with Crippen molar-refractivity contribution in [1.29, 1.82) is 0 Å². The molecule has 1 N–H and O–H groups in total. The van der Waals surface area contributed by atoms with Crippen molar-refractivity contribution in [3.05, 3.63) is 0 Å². The van der Waals surface area contributed by atoms with Crippen molar-refractivity contribution in [2.24, 2.45) is 11.8 Å². The molecular formula is C13H21NO. The molecule has 2 heterocycles. The minimum absolute atomic E-state index is 0.381. The number of hydrogen-bond donors (Lipinski definition) is 1. The van der Waals surface area contributed by atoms with Crippen molar-refractivity contribution in [2.75, 3.05) is 0 Å². The van der Waals surface area contributed by atoms with E-state index in [9.17, 15) is 4.79 Å². The van der Waals surface area contributed by atoms with Crippen LogP contribution in [-0.4, -0.2) is 17.9 Å². The third-order valence-electron chi connectivity index (χ3n) is 4.67. The highest BCUT2D eigenvalue weighted by Crippen LogP contribution is 2.37. The molecule has 3 aliphatic rings. The Morgan fingerprint density at radius 3 is 2.40 bits per heavy atom. The molecule has 2 saturated heterocycles. The Hall–Kier alpha value is -0.370. The first-order valence-corrected chi connectivity index (χ1v) is 6.64. The Morgan fingerprint density at radius 1 is 1.00 bits per heavy atom. The van der Waals surface area contributed by atoms with E-state index < -0.39 is 0 Å². The summed E-state index contributed by atoms with van der Waals surface area (Å²) in [5, 5.41) is 3.58. The number of nitrogens with one attached hydrogen (secondary N) is 1. The number of fused-ring (bicyclic) bond motifs is 2. The molecule has 3 fully saturated rings. The van der Waals surface area contributed by atoms with E-state index in [4.69, 9.17) is 0 Å². The van der Waals surface area contributed by atoms with Crippen LogP contribution in [0.15, 0.2) is 0 Å². The minimum Gasteiger partial charge on any atom is -0.310 e. The highest BCUT2D eigenvalue weighted by molar-refractivity contribution is 5.84. The van der Waals surface area contributed by atoms with E-state index in [0.717, 1.165) is 6.42 Å². The van der Waals surface area contributed by atoms with Gasteiger partial charge in [0.15, 0.2) is 0 Å². The van der Waals surface area contributed by atoms with E-state index in [1.165, 1.54) is 44.9 Å². The van der Waals surface area contributed by atoms with Crippen LogP contribution in [0.4, 0.5) is 0 Å². The molecule has 2 bridgehead atoms. The number of carbonyl (C=O) groups is 1. The van der Waals surface area contributed by atoms with Gasteiger partial charge in [-0.05, 0) is 32.1 Å². The molecule has 0 spiro atoms. The van der Waals surface area contributed by atoms with Gasteiger partial charge in [-0.3, -0.25) is 4.79 Å². The standard InChI is InChI=1S/C13H21NO/c15-13(9-4-2-1-3-5-9)11-8-10-6-7-12(11)14-10/h9-12,14H,1-8H2. The largest absolute Gasteiger partial charge is 0.310 e. The summed E-state index contributed by atoms with van der Waals surface area (Å²) < 4.78 is 0. The summed E-state index contributed by atoms with van der Waals surface area (Å²) in [5.41, 5.74) is 0. The van der Waals surface area contributed by atoms with E-state index >= 15 is 0 Å². The fourth-order valence-electron chi connectivity index (χ4n) is 3.83. The third kappa shape index (κ3) is 1.73. The van der Waals surface area contributed by atoms with Gasteiger partial charge in [0.25, 0.3) is 0 Å². The maximum atomic E-state index is 12.4. The van der Waals surface area contributed by atoms with Crippen LogP contribution in [0.5, 0.6) is 0 Å². The Bertz CT molecular complexity index is 257. The number of hydrogen-bond acceptors (Lipinski definition) is 2. The zero-order chi connectivity index (χ0) is 10.3. The summed E-state index contributed by atoms with van der Waals surface area (Å²) in [7, 11) is 0. The van der Waals surface area contributed by atoms with Gasteiger partial charge in [-0.1, -0.05) is 19.3 Å². The Labute approximate surface area is 91.8 Å². The average Bonchev–Trinajstić information content (AvgIpc) is 2.91. The smallest absolute Gasteiger partial charge is 0.140 e. The number of rotatable bonds is 2. The molecule has 0 aromatic heterocycles. The van der Waals surface area contributed by atoms with E-state index in [0.29, 0.717) is 29.7 Å². The van der Waals surface area contributed by atoms with Crippen LogP contribution in [0, 0.1) is 11.8 Å². The monoisotopic (exact) mass is 207 g/mol. The minimum atomic E-state index is 0.381. The van der Waals surface area contributed by atoms with Crippen molar-refractivity contribution in [3.63, 3.8) is 0 Å². The molecule has 0 aromatic carbocycles. The van der Waals surface area contributed by atoms with Gasteiger partial charge in [0, 0.05) is 23.9 Å². The second-order valence-corrected chi connectivity index (χ2v) is 5.63. The van der Waals surface area contributed by atoms with Gasteiger partial charge in [-0.15, -0.1) is 0 Å². The van der Waals surface area contributed by atoms with Crippen LogP contribution in [0.2, 0.25) is 0 Å². The maximum Gasteiger partial charge on any atom is 0.140 e. The van der Waals surface area contributed by atoms with Gasteiger partial charge in [0.05, 0.1) is 0 Å². The van der Waals surface area contributed by atoms with E-state index in [1.807, 2.05) is 0 Å². The van der Waals surface area contributed by atoms with Crippen LogP contribution in [-0.2, 0) is 4.79 Å². The topological polar surface area (TPSA) is 29.1 Å². The summed E-state index contributed by atoms with van der Waals surface area (Å²) >= 11 is 0. The molecule has 0 aromatic rings. The third-order valence-corrected chi connectivity index (χ3v) is 4.67. The summed E-state index contributed by atoms with van der Waals surface area (Å²) in [5.74, 6) is 1.41. The fourth-order valence-corrected chi connectivity index (χ4v) is 3.83. The fraction of sp³-hybridized carbons (Fsp3) is 0.923. The molecular weight excluding hydrogens is 186 g/mol. The first-order chi connectivity index (χ1) is 7.34. The van der Waals surface area contributed by atoms with Crippen molar-refractivity contribution in [3.8, 4) is 0 Å². The lowest BCUT2D eigenvalue weighted by molar-refractivity contribution is -0.128. The summed E-state index contributed by atoms with van der Waals surface area (Å²) in [6.45, 7) is 0. The van der Waals surface area contributed by atoms with Gasteiger partial charge in [-0.2, -0.15) is 0 Å². The molecule has 1 saturated carbocycles. The van der Waals surface area contributed by atoms with Crippen LogP contribution < -0.4 is 5.32 Å². The van der Waals surface area contributed by atoms with Gasteiger partial charge >= 0.3 is 0 Å². The second kappa shape index (κ2) is 3.89. The summed E-state index contributed by atoms with van der Waals surface area (Å²) in [6.07, 6.45) is 9.94. The lowest BCUT2D eigenvalue weighted by Gasteiger charge is -2.26. The highest BCUT2D eigenvalue weighted by Gasteiger charge is 2.44. The quantitative estimate of drug-likeness (QED) is 0.752. The zero-order valence-electron chi connectivity index (χ0n) is 9.37. The molecule has 2 nitrogen and oxygen atoms in total. The Morgan fingerprint density at radius 2 is 1.80 bits per heavy atom. The maximum absolute atomic E-state index is 12.4. The van der Waals surface area contributed by atoms with Crippen molar-refractivity contribution in [2.45, 2.75) is 63.5 Å². The van der Waals surface area contributed by atoms with Crippen LogP contribution in [0.25, 0.3) is 0 Å². The number of ketones is 1. The molecule has 15 heavy (non-hydrogen) atoms. The van der Waals surface area contributed by atoms with Gasteiger partial charge in [0.2, 0.25) is 0 Å². The predicted molar refractivity (Wildman–Crippen MR) is 59.6 cm³/mol. The van der Waals surface area contributed by atoms with Crippen LogP contribution in [0.1, 0.15) is 51.4 Å². The average molecular weight is 207 g/mol. The first-order valence-electron chi connectivity index (χ1n) is 6.64. The zero-order valence-corrected chi connectivity index (χ0v) is 9.37. The van der Waals surface area contributed by atoms with E-state index in [2.05, 4.69) is 5.32 Å². The molecule has 2 aliphatic heterocycles. The predicted octanol–water partition coefficient (Wildman–Crippen LogP) is 2.28. The molecule has 0 radical (unpaired) electrons. The highest BCUT2D eigenvalue weighted by atomic mass is 16.1. The SMILES string of the molecule is O=C(C1CCCCC1)C1CC2CCC1N2. The van der Waals surface area contributed by atoms with Crippen molar-refractivity contribution >= 4 is 5.78 Å². The molecule has 3 atom stereocenters. The van der Waals surface area contributed by atoms with Crippen LogP contribution >= 0.6 is 0 Å². The molecule has 0 amide bonds. The van der Waals surface area contributed by atoms with Crippen molar-refractivity contribution in [1.82, 2.24) is 5.32 Å². The molecule has 84 valence electrons.